The normalized spacial score (nSPS) is 10.2. The molecule has 1 amide bonds. The second kappa shape index (κ2) is 8.11. The van der Waals surface area contributed by atoms with Crippen LogP contribution in [0.3, 0.4) is 0 Å². The van der Waals surface area contributed by atoms with Crippen molar-refractivity contribution in [3.05, 3.63) is 77.7 Å². The fourth-order valence-electron chi connectivity index (χ4n) is 2.44. The molecular formula is C20H20N4O2. The summed E-state index contributed by atoms with van der Waals surface area (Å²) in [6.07, 6.45) is 2.98. The second-order valence-corrected chi connectivity index (χ2v) is 5.78. The van der Waals surface area contributed by atoms with E-state index in [-0.39, 0.29) is 11.6 Å². The maximum absolute atomic E-state index is 12.2. The molecule has 3 rings (SSSR count). The van der Waals surface area contributed by atoms with E-state index >= 15 is 0 Å². The van der Waals surface area contributed by atoms with Crippen molar-refractivity contribution in [3.63, 3.8) is 0 Å². The Hall–Kier alpha value is -3.41. The van der Waals surface area contributed by atoms with Crippen molar-refractivity contribution in [2.75, 3.05) is 12.4 Å². The summed E-state index contributed by atoms with van der Waals surface area (Å²) in [6.45, 7) is 2.44. The number of methoxy groups -OCH3 is 1. The van der Waals surface area contributed by atoms with E-state index in [1.165, 1.54) is 12.4 Å². The molecule has 2 N–H and O–H groups in total. The summed E-state index contributed by atoms with van der Waals surface area (Å²) < 4.78 is 5.33. The van der Waals surface area contributed by atoms with Gasteiger partial charge in [0.1, 0.15) is 17.3 Å². The van der Waals surface area contributed by atoms with Gasteiger partial charge in [0, 0.05) is 6.54 Å². The standard InChI is InChI=1S/C20H20N4O2/c1-14-8-9-18(26-2)16(10-14)24-19-13-21-17(12-22-19)20(25)23-11-15-6-4-3-5-7-15/h3-10,12-13H,11H2,1-2H3,(H,22,24)(H,23,25). The average Bonchev–Trinajstić information content (AvgIpc) is 2.68. The van der Waals surface area contributed by atoms with E-state index in [0.717, 1.165) is 16.8 Å². The number of benzene rings is 2. The van der Waals surface area contributed by atoms with Crippen LogP contribution in [0.5, 0.6) is 5.75 Å². The lowest BCUT2D eigenvalue weighted by atomic mass is 10.2. The third-order valence-electron chi connectivity index (χ3n) is 3.80. The molecule has 0 unspecified atom stereocenters. The Balaban J connectivity index is 1.65. The Bertz CT molecular complexity index is 880. The summed E-state index contributed by atoms with van der Waals surface area (Å²) in [7, 11) is 1.61. The number of aromatic nitrogens is 2. The number of hydrogen-bond acceptors (Lipinski definition) is 5. The van der Waals surface area contributed by atoms with Gasteiger partial charge in [0.25, 0.3) is 5.91 Å². The lowest BCUT2D eigenvalue weighted by molar-refractivity contribution is 0.0945. The molecule has 0 saturated carbocycles. The predicted octanol–water partition coefficient (Wildman–Crippen LogP) is 3.47. The highest BCUT2D eigenvalue weighted by Gasteiger charge is 2.09. The molecule has 132 valence electrons. The van der Waals surface area contributed by atoms with Crippen molar-refractivity contribution in [2.24, 2.45) is 0 Å². The van der Waals surface area contributed by atoms with Crippen molar-refractivity contribution in [1.82, 2.24) is 15.3 Å². The van der Waals surface area contributed by atoms with Crippen molar-refractivity contribution in [2.45, 2.75) is 13.5 Å². The van der Waals surface area contributed by atoms with Gasteiger partial charge in [-0.15, -0.1) is 0 Å². The molecule has 2 aromatic carbocycles. The third kappa shape index (κ3) is 4.36. The molecule has 6 heteroatoms. The molecule has 0 radical (unpaired) electrons. The number of ether oxygens (including phenoxy) is 1. The fourth-order valence-corrected chi connectivity index (χ4v) is 2.44. The highest BCUT2D eigenvalue weighted by molar-refractivity contribution is 5.92. The maximum Gasteiger partial charge on any atom is 0.271 e. The van der Waals surface area contributed by atoms with Crippen LogP contribution in [0.1, 0.15) is 21.6 Å². The first-order valence-electron chi connectivity index (χ1n) is 8.21. The lowest BCUT2D eigenvalue weighted by Gasteiger charge is -2.11. The number of rotatable bonds is 6. The summed E-state index contributed by atoms with van der Waals surface area (Å²) in [5.74, 6) is 0.983. The predicted molar refractivity (Wildman–Crippen MR) is 101 cm³/mol. The zero-order chi connectivity index (χ0) is 18.4. The molecule has 0 aliphatic carbocycles. The number of anilines is 2. The van der Waals surface area contributed by atoms with E-state index in [4.69, 9.17) is 4.74 Å². The topological polar surface area (TPSA) is 76.1 Å². The SMILES string of the molecule is COc1ccc(C)cc1Nc1cnc(C(=O)NCc2ccccc2)cn1. The summed E-state index contributed by atoms with van der Waals surface area (Å²) >= 11 is 0. The van der Waals surface area contributed by atoms with E-state index in [0.29, 0.717) is 18.1 Å². The summed E-state index contributed by atoms with van der Waals surface area (Å²) in [6, 6.07) is 15.5. The van der Waals surface area contributed by atoms with Gasteiger partial charge in [-0.2, -0.15) is 0 Å². The van der Waals surface area contributed by atoms with Crippen LogP contribution in [0.2, 0.25) is 0 Å². The first kappa shape index (κ1) is 17.4. The van der Waals surface area contributed by atoms with Gasteiger partial charge >= 0.3 is 0 Å². The minimum atomic E-state index is -0.263. The van der Waals surface area contributed by atoms with E-state index in [1.807, 2.05) is 55.5 Å². The van der Waals surface area contributed by atoms with Crippen LogP contribution in [0.25, 0.3) is 0 Å². The first-order valence-corrected chi connectivity index (χ1v) is 8.21. The summed E-state index contributed by atoms with van der Waals surface area (Å²) in [5, 5.41) is 5.99. The van der Waals surface area contributed by atoms with Gasteiger partial charge < -0.3 is 15.4 Å². The van der Waals surface area contributed by atoms with Crippen LogP contribution in [0.15, 0.2) is 60.9 Å². The summed E-state index contributed by atoms with van der Waals surface area (Å²) in [4.78, 5) is 20.6. The molecule has 0 bridgehead atoms. The Kier molecular flexibility index (Phi) is 5.43. The number of carbonyl (C=O) groups excluding carboxylic acids is 1. The Morgan fingerprint density at radius 1 is 1.08 bits per heavy atom. The number of hydrogen-bond donors (Lipinski definition) is 2. The molecular weight excluding hydrogens is 328 g/mol. The Labute approximate surface area is 152 Å². The zero-order valence-electron chi connectivity index (χ0n) is 14.7. The van der Waals surface area contributed by atoms with E-state index in [2.05, 4.69) is 20.6 Å². The van der Waals surface area contributed by atoms with Gasteiger partial charge in [-0.1, -0.05) is 36.4 Å². The van der Waals surface area contributed by atoms with Crippen molar-refractivity contribution in [3.8, 4) is 5.75 Å². The number of carbonyl (C=O) groups is 1. The van der Waals surface area contributed by atoms with Gasteiger partial charge in [0.05, 0.1) is 25.2 Å². The molecule has 0 saturated heterocycles. The highest BCUT2D eigenvalue weighted by atomic mass is 16.5. The van der Waals surface area contributed by atoms with Gasteiger partial charge in [0.2, 0.25) is 0 Å². The van der Waals surface area contributed by atoms with Crippen molar-refractivity contribution in [1.29, 1.82) is 0 Å². The van der Waals surface area contributed by atoms with Crippen LogP contribution < -0.4 is 15.4 Å². The number of amides is 1. The number of nitrogens with one attached hydrogen (secondary N) is 2. The van der Waals surface area contributed by atoms with Gasteiger partial charge in [-0.05, 0) is 30.2 Å². The summed E-state index contributed by atoms with van der Waals surface area (Å²) in [5.41, 5.74) is 3.18. The van der Waals surface area contributed by atoms with Crippen molar-refractivity contribution < 1.29 is 9.53 Å². The molecule has 0 atom stereocenters. The zero-order valence-corrected chi connectivity index (χ0v) is 14.7. The largest absolute Gasteiger partial charge is 0.495 e. The van der Waals surface area contributed by atoms with Gasteiger partial charge in [0.15, 0.2) is 0 Å². The van der Waals surface area contributed by atoms with Gasteiger partial charge in [-0.25, -0.2) is 9.97 Å². The molecule has 1 heterocycles. The lowest BCUT2D eigenvalue weighted by Crippen LogP contribution is -2.24. The van der Waals surface area contributed by atoms with E-state index < -0.39 is 0 Å². The highest BCUT2D eigenvalue weighted by Crippen LogP contribution is 2.27. The van der Waals surface area contributed by atoms with Crippen LogP contribution in [-0.4, -0.2) is 23.0 Å². The average molecular weight is 348 g/mol. The quantitative estimate of drug-likeness (QED) is 0.713. The van der Waals surface area contributed by atoms with E-state index in [9.17, 15) is 4.79 Å². The van der Waals surface area contributed by atoms with E-state index in [1.54, 1.807) is 7.11 Å². The van der Waals surface area contributed by atoms with Crippen LogP contribution in [-0.2, 0) is 6.54 Å². The smallest absolute Gasteiger partial charge is 0.271 e. The minimum absolute atomic E-state index is 0.263. The minimum Gasteiger partial charge on any atom is -0.495 e. The van der Waals surface area contributed by atoms with Gasteiger partial charge in [-0.3, -0.25) is 4.79 Å². The molecule has 3 aromatic rings. The third-order valence-corrected chi connectivity index (χ3v) is 3.80. The Morgan fingerprint density at radius 3 is 2.58 bits per heavy atom. The molecule has 26 heavy (non-hydrogen) atoms. The second-order valence-electron chi connectivity index (χ2n) is 5.78. The molecule has 0 aliphatic heterocycles. The molecule has 0 spiro atoms. The maximum atomic E-state index is 12.2. The van der Waals surface area contributed by atoms with Crippen molar-refractivity contribution >= 4 is 17.4 Å². The molecule has 0 fully saturated rings. The molecule has 1 aromatic heterocycles. The molecule has 6 nitrogen and oxygen atoms in total. The van der Waals surface area contributed by atoms with Crippen LogP contribution in [0.4, 0.5) is 11.5 Å². The molecule has 0 aliphatic rings. The van der Waals surface area contributed by atoms with Crippen LogP contribution in [0, 0.1) is 6.92 Å². The number of aryl methyl sites for hydroxylation is 1. The first-order chi connectivity index (χ1) is 12.7. The fraction of sp³-hybridized carbons (Fsp3) is 0.150. The Morgan fingerprint density at radius 2 is 1.88 bits per heavy atom. The monoisotopic (exact) mass is 348 g/mol. The van der Waals surface area contributed by atoms with Crippen LogP contribution >= 0.6 is 0 Å². The number of nitrogens with zero attached hydrogens (tertiary/aromatic N) is 2.